The molecule has 0 saturated carbocycles. The molecule has 0 bridgehead atoms. The van der Waals surface area contributed by atoms with E-state index in [1.54, 1.807) is 6.92 Å². The Morgan fingerprint density at radius 3 is 2.97 bits per heavy atom. The van der Waals surface area contributed by atoms with Gasteiger partial charge in [0, 0.05) is 13.2 Å². The maximum absolute atomic E-state index is 11.5. The number of carbonyl (C=O) groups is 1. The van der Waals surface area contributed by atoms with Crippen LogP contribution in [0.1, 0.15) is 19.6 Å². The van der Waals surface area contributed by atoms with E-state index in [0.717, 1.165) is 6.42 Å². The van der Waals surface area contributed by atoms with Crippen LogP contribution in [0.15, 0.2) is 12.7 Å². The van der Waals surface area contributed by atoms with Gasteiger partial charge in [-0.25, -0.2) is 19.7 Å². The quantitative estimate of drug-likeness (QED) is 0.487. The van der Waals surface area contributed by atoms with Crippen LogP contribution in [0.2, 0.25) is 0 Å². The lowest BCUT2D eigenvalue weighted by Crippen LogP contribution is -2.35. The highest BCUT2D eigenvalue weighted by atomic mass is 16.6. The smallest absolute Gasteiger partial charge is 0.407 e. The zero-order valence-electron chi connectivity index (χ0n) is 15.9. The number of hydrogen-bond acceptors (Lipinski definition) is 10. The molecule has 0 radical (unpaired) electrons. The van der Waals surface area contributed by atoms with E-state index in [1.807, 2.05) is 0 Å². The molecule has 5 atom stereocenters. The molecule has 0 aromatic carbocycles. The van der Waals surface area contributed by atoms with Crippen molar-refractivity contribution in [1.29, 1.82) is 0 Å². The molecule has 0 spiro atoms. The third-order valence-electron chi connectivity index (χ3n) is 4.94. The maximum atomic E-state index is 11.5. The number of nitrogens with zero attached hydrogens (tertiary/aromatic N) is 4. The van der Waals surface area contributed by atoms with E-state index in [1.165, 1.54) is 17.2 Å². The number of aromatic nitrogens is 4. The van der Waals surface area contributed by atoms with Crippen LogP contribution in [0.3, 0.4) is 0 Å². The Balaban J connectivity index is 1.51. The van der Waals surface area contributed by atoms with Crippen LogP contribution in [0, 0.1) is 0 Å². The molecule has 29 heavy (non-hydrogen) atoms. The normalized spacial score (nSPS) is 29.3. The Kier molecular flexibility index (Phi) is 5.76. The monoisotopic (exact) mass is 408 g/mol. The van der Waals surface area contributed by atoms with Crippen LogP contribution in [0.5, 0.6) is 0 Å². The molecular formula is C17H24N6O6. The van der Waals surface area contributed by atoms with Crippen LogP contribution >= 0.6 is 0 Å². The summed E-state index contributed by atoms with van der Waals surface area (Å²) in [6, 6.07) is 0.143. The third-order valence-corrected chi connectivity index (χ3v) is 4.94. The minimum atomic E-state index is -1.25. The Morgan fingerprint density at radius 2 is 2.21 bits per heavy atom. The van der Waals surface area contributed by atoms with Crippen LogP contribution in [0.25, 0.3) is 11.2 Å². The molecule has 2 aliphatic rings. The summed E-state index contributed by atoms with van der Waals surface area (Å²) in [5.74, 6) is 0.563. The van der Waals surface area contributed by atoms with E-state index in [0.29, 0.717) is 36.7 Å². The Morgan fingerprint density at radius 1 is 1.34 bits per heavy atom. The minimum absolute atomic E-state index is 0.143. The number of aliphatic hydroxyl groups excluding tert-OH is 2. The van der Waals surface area contributed by atoms with Crippen LogP contribution < -0.4 is 10.6 Å². The summed E-state index contributed by atoms with van der Waals surface area (Å²) in [6.45, 7) is 3.27. The summed E-state index contributed by atoms with van der Waals surface area (Å²) in [5.41, 5.74) is 0.967. The van der Waals surface area contributed by atoms with Crippen molar-refractivity contribution in [2.45, 2.75) is 43.9 Å². The summed E-state index contributed by atoms with van der Waals surface area (Å²) in [5, 5.41) is 26.6. The Labute approximate surface area is 166 Å². The molecule has 4 heterocycles. The average molecular weight is 408 g/mol. The van der Waals surface area contributed by atoms with Gasteiger partial charge in [-0.15, -0.1) is 0 Å². The van der Waals surface area contributed by atoms with Gasteiger partial charge >= 0.3 is 6.09 Å². The summed E-state index contributed by atoms with van der Waals surface area (Å²) in [4.78, 5) is 24.3. The zero-order chi connectivity index (χ0) is 20.4. The molecule has 2 aromatic heterocycles. The number of anilines is 1. The standard InChI is InChI=1S/C17H24N6O6/c1-2-18-17(26)28-6-10-12(24)13(25)16(29-10)23-8-21-11-14(19-7-20-15(11)23)22-9-3-4-27-5-9/h7-10,12-13,16,24-25H,2-6H2,1H3,(H,18,26)(H,19,20,22)/t9?,10-,12-,13?,16?/m1/s1. The van der Waals surface area contributed by atoms with Crippen molar-refractivity contribution in [1.82, 2.24) is 24.8 Å². The van der Waals surface area contributed by atoms with E-state index < -0.39 is 30.6 Å². The van der Waals surface area contributed by atoms with Gasteiger partial charge in [-0.1, -0.05) is 0 Å². The van der Waals surface area contributed by atoms with E-state index in [4.69, 9.17) is 14.2 Å². The summed E-state index contributed by atoms with van der Waals surface area (Å²) in [6.07, 6.45) is -1.17. The first kappa shape index (κ1) is 19.8. The number of hydrogen-bond donors (Lipinski definition) is 4. The van der Waals surface area contributed by atoms with Crippen molar-refractivity contribution in [3.05, 3.63) is 12.7 Å². The van der Waals surface area contributed by atoms with Gasteiger partial charge in [0.25, 0.3) is 0 Å². The van der Waals surface area contributed by atoms with E-state index in [2.05, 4.69) is 25.6 Å². The van der Waals surface area contributed by atoms with Crippen molar-refractivity contribution in [3.8, 4) is 0 Å². The first-order valence-electron chi connectivity index (χ1n) is 9.52. The van der Waals surface area contributed by atoms with Crippen molar-refractivity contribution < 1.29 is 29.2 Å². The molecule has 2 fully saturated rings. The first-order valence-corrected chi connectivity index (χ1v) is 9.52. The third kappa shape index (κ3) is 3.96. The second kappa shape index (κ2) is 8.45. The van der Waals surface area contributed by atoms with Crippen LogP contribution in [0.4, 0.5) is 10.6 Å². The summed E-state index contributed by atoms with van der Waals surface area (Å²) >= 11 is 0. The predicted molar refractivity (Wildman–Crippen MR) is 99.1 cm³/mol. The molecule has 4 rings (SSSR count). The molecule has 4 N–H and O–H groups in total. The Bertz CT molecular complexity index is 856. The van der Waals surface area contributed by atoms with Crippen LogP contribution in [-0.2, 0) is 14.2 Å². The number of amides is 1. The first-order chi connectivity index (χ1) is 14.1. The topological polar surface area (TPSA) is 153 Å². The number of fused-ring (bicyclic) bond motifs is 1. The maximum Gasteiger partial charge on any atom is 0.407 e. The zero-order valence-corrected chi connectivity index (χ0v) is 15.9. The molecule has 1 amide bonds. The molecule has 12 heteroatoms. The fraction of sp³-hybridized carbons (Fsp3) is 0.647. The van der Waals surface area contributed by atoms with Gasteiger partial charge in [0.05, 0.1) is 19.0 Å². The van der Waals surface area contributed by atoms with Gasteiger partial charge in [-0.2, -0.15) is 0 Å². The van der Waals surface area contributed by atoms with E-state index in [-0.39, 0.29) is 12.6 Å². The average Bonchev–Trinajstić information content (AvgIpc) is 3.43. The number of rotatable bonds is 6. The number of imidazole rings is 1. The highest BCUT2D eigenvalue weighted by Gasteiger charge is 2.45. The lowest BCUT2D eigenvalue weighted by atomic mass is 10.1. The molecule has 12 nitrogen and oxygen atoms in total. The molecule has 2 aromatic rings. The number of carbonyl (C=O) groups excluding carboxylic acids is 1. The van der Waals surface area contributed by atoms with Gasteiger partial charge in [0.1, 0.15) is 31.2 Å². The second-order valence-electron chi connectivity index (χ2n) is 6.93. The van der Waals surface area contributed by atoms with E-state index >= 15 is 0 Å². The SMILES string of the molecule is CCNC(=O)OC[C@H]1OC(n2cnc3c(NC4CCOC4)ncnc32)C(O)[C@@H]1O. The molecule has 2 aliphatic heterocycles. The highest BCUT2D eigenvalue weighted by molar-refractivity contribution is 5.82. The number of alkyl carbamates (subject to hydrolysis) is 1. The molecular weight excluding hydrogens is 384 g/mol. The van der Waals surface area contributed by atoms with Gasteiger partial charge in [0.15, 0.2) is 23.2 Å². The lowest BCUT2D eigenvalue weighted by Gasteiger charge is -2.17. The fourth-order valence-electron chi connectivity index (χ4n) is 3.44. The molecule has 0 aliphatic carbocycles. The fourth-order valence-corrected chi connectivity index (χ4v) is 3.44. The van der Waals surface area contributed by atoms with Crippen molar-refractivity contribution in [2.24, 2.45) is 0 Å². The second-order valence-corrected chi connectivity index (χ2v) is 6.93. The van der Waals surface area contributed by atoms with Gasteiger partial charge < -0.3 is 35.1 Å². The number of aliphatic hydroxyl groups is 2. The molecule has 2 saturated heterocycles. The van der Waals surface area contributed by atoms with Gasteiger partial charge in [-0.05, 0) is 13.3 Å². The lowest BCUT2D eigenvalue weighted by molar-refractivity contribution is -0.0532. The minimum Gasteiger partial charge on any atom is -0.447 e. The summed E-state index contributed by atoms with van der Waals surface area (Å²) in [7, 11) is 0. The highest BCUT2D eigenvalue weighted by Crippen LogP contribution is 2.32. The largest absolute Gasteiger partial charge is 0.447 e. The number of ether oxygens (including phenoxy) is 3. The molecule has 158 valence electrons. The van der Waals surface area contributed by atoms with Crippen molar-refractivity contribution in [3.63, 3.8) is 0 Å². The van der Waals surface area contributed by atoms with Crippen molar-refractivity contribution >= 4 is 23.1 Å². The number of nitrogens with one attached hydrogen (secondary N) is 2. The van der Waals surface area contributed by atoms with Crippen molar-refractivity contribution in [2.75, 3.05) is 31.7 Å². The van der Waals surface area contributed by atoms with Gasteiger partial charge in [0.2, 0.25) is 0 Å². The predicted octanol–water partition coefficient (Wildman–Crippen LogP) is -0.608. The molecule has 3 unspecified atom stereocenters. The Hall–Kier alpha value is -2.54. The van der Waals surface area contributed by atoms with Crippen LogP contribution in [-0.4, -0.2) is 86.5 Å². The van der Waals surface area contributed by atoms with E-state index in [9.17, 15) is 15.0 Å². The summed E-state index contributed by atoms with van der Waals surface area (Å²) < 4.78 is 17.7. The van der Waals surface area contributed by atoms with Gasteiger partial charge in [-0.3, -0.25) is 4.57 Å².